The van der Waals surface area contributed by atoms with Gasteiger partial charge in [-0.1, -0.05) is 19.9 Å². The molecule has 2 heterocycles. The molecule has 1 N–H and O–H groups in total. The van der Waals surface area contributed by atoms with Gasteiger partial charge in [0, 0.05) is 11.6 Å². The van der Waals surface area contributed by atoms with Gasteiger partial charge >= 0.3 is 0 Å². The van der Waals surface area contributed by atoms with E-state index in [9.17, 15) is 4.79 Å². The zero-order valence-electron chi connectivity index (χ0n) is 7.79. The van der Waals surface area contributed by atoms with Gasteiger partial charge in [0.15, 0.2) is 0 Å². The van der Waals surface area contributed by atoms with Gasteiger partial charge in [-0.05, 0) is 18.1 Å². The Bertz CT molecular complexity index is 358. The van der Waals surface area contributed by atoms with E-state index < -0.39 is 0 Å². The van der Waals surface area contributed by atoms with Crippen molar-refractivity contribution >= 4 is 11.7 Å². The minimum Gasteiger partial charge on any atom is -0.310 e. The number of rotatable bonds is 0. The average molecular weight is 176 g/mol. The lowest BCUT2D eigenvalue weighted by molar-refractivity contribution is -0.124. The summed E-state index contributed by atoms with van der Waals surface area (Å²) >= 11 is 0. The van der Waals surface area contributed by atoms with Crippen LogP contribution in [-0.2, 0) is 11.2 Å². The topological polar surface area (TPSA) is 42.0 Å². The fraction of sp³-hybridized carbons (Fsp3) is 0.400. The summed E-state index contributed by atoms with van der Waals surface area (Å²) in [5, 5.41) is 2.80. The number of hydrogen-bond donors (Lipinski definition) is 1. The molecule has 1 aliphatic rings. The summed E-state index contributed by atoms with van der Waals surface area (Å²) < 4.78 is 0. The van der Waals surface area contributed by atoms with Crippen molar-refractivity contribution in [1.29, 1.82) is 0 Å². The minimum atomic E-state index is -0.309. The Morgan fingerprint density at radius 2 is 2.31 bits per heavy atom. The molecule has 1 aromatic heterocycles. The highest BCUT2D eigenvalue weighted by molar-refractivity contribution is 5.96. The number of pyridine rings is 1. The van der Waals surface area contributed by atoms with E-state index in [1.54, 1.807) is 6.20 Å². The Labute approximate surface area is 77.2 Å². The van der Waals surface area contributed by atoms with Crippen molar-refractivity contribution < 1.29 is 4.79 Å². The van der Waals surface area contributed by atoms with E-state index in [0.29, 0.717) is 5.82 Å². The molecule has 1 aromatic rings. The van der Waals surface area contributed by atoms with Crippen LogP contribution in [0.2, 0.25) is 0 Å². The van der Waals surface area contributed by atoms with Crippen LogP contribution >= 0.6 is 0 Å². The summed E-state index contributed by atoms with van der Waals surface area (Å²) in [6, 6.07) is 3.90. The van der Waals surface area contributed by atoms with Crippen LogP contribution in [0, 0.1) is 5.41 Å². The zero-order valence-corrected chi connectivity index (χ0v) is 7.79. The number of nitrogens with zero attached hydrogens (tertiary/aromatic N) is 1. The second-order valence-electron chi connectivity index (χ2n) is 4.03. The van der Waals surface area contributed by atoms with Crippen LogP contribution in [0.5, 0.6) is 0 Å². The van der Waals surface area contributed by atoms with Crippen LogP contribution in [0.15, 0.2) is 18.3 Å². The van der Waals surface area contributed by atoms with E-state index in [1.807, 2.05) is 26.0 Å². The molecule has 13 heavy (non-hydrogen) atoms. The van der Waals surface area contributed by atoms with Crippen LogP contribution in [0.25, 0.3) is 0 Å². The molecule has 0 radical (unpaired) electrons. The van der Waals surface area contributed by atoms with Crippen molar-refractivity contribution in [2.75, 3.05) is 5.32 Å². The van der Waals surface area contributed by atoms with Crippen molar-refractivity contribution in [2.45, 2.75) is 20.3 Å². The second-order valence-corrected chi connectivity index (χ2v) is 4.03. The summed E-state index contributed by atoms with van der Waals surface area (Å²) in [5.74, 6) is 0.769. The molecule has 2 rings (SSSR count). The predicted octanol–water partition coefficient (Wildman–Crippen LogP) is 1.60. The zero-order chi connectivity index (χ0) is 9.47. The molecule has 0 spiro atoms. The third kappa shape index (κ3) is 1.30. The molecule has 0 fully saturated rings. The maximum atomic E-state index is 11.5. The number of carbonyl (C=O) groups is 1. The monoisotopic (exact) mass is 176 g/mol. The van der Waals surface area contributed by atoms with Gasteiger partial charge in [0.2, 0.25) is 5.91 Å². The van der Waals surface area contributed by atoms with Gasteiger partial charge in [-0.15, -0.1) is 0 Å². The largest absolute Gasteiger partial charge is 0.310 e. The van der Waals surface area contributed by atoms with Crippen molar-refractivity contribution in [2.24, 2.45) is 5.41 Å². The van der Waals surface area contributed by atoms with Gasteiger partial charge in [0.1, 0.15) is 5.82 Å². The van der Waals surface area contributed by atoms with E-state index in [0.717, 1.165) is 12.0 Å². The van der Waals surface area contributed by atoms with Crippen LogP contribution < -0.4 is 5.32 Å². The number of hydrogen-bond acceptors (Lipinski definition) is 2. The van der Waals surface area contributed by atoms with Gasteiger partial charge < -0.3 is 5.32 Å². The maximum Gasteiger partial charge on any atom is 0.231 e. The normalized spacial score (nSPS) is 19.1. The average Bonchev–Trinajstić information content (AvgIpc) is 2.06. The molecule has 3 heteroatoms. The Balaban J connectivity index is 2.44. The highest BCUT2D eigenvalue weighted by atomic mass is 16.2. The first-order chi connectivity index (χ1) is 6.09. The van der Waals surface area contributed by atoms with Gasteiger partial charge in [-0.3, -0.25) is 4.79 Å². The summed E-state index contributed by atoms with van der Waals surface area (Å²) in [7, 11) is 0. The lowest BCUT2D eigenvalue weighted by Gasteiger charge is -2.29. The van der Waals surface area contributed by atoms with Crippen molar-refractivity contribution in [3.05, 3.63) is 23.9 Å². The number of nitrogens with one attached hydrogen (secondary N) is 1. The highest BCUT2D eigenvalue weighted by Crippen LogP contribution is 2.31. The van der Waals surface area contributed by atoms with Crippen LogP contribution in [-0.4, -0.2) is 10.9 Å². The number of carbonyl (C=O) groups excluding carboxylic acids is 1. The number of aromatic nitrogens is 1. The van der Waals surface area contributed by atoms with E-state index in [1.165, 1.54) is 0 Å². The maximum absolute atomic E-state index is 11.5. The Hall–Kier alpha value is -1.38. The molecular formula is C10H12N2O. The van der Waals surface area contributed by atoms with E-state index >= 15 is 0 Å². The molecular weight excluding hydrogens is 164 g/mol. The Morgan fingerprint density at radius 3 is 3.08 bits per heavy atom. The smallest absolute Gasteiger partial charge is 0.231 e. The molecule has 0 aliphatic carbocycles. The van der Waals surface area contributed by atoms with E-state index in [-0.39, 0.29) is 11.3 Å². The molecule has 3 nitrogen and oxygen atoms in total. The Morgan fingerprint density at radius 1 is 1.54 bits per heavy atom. The molecule has 0 saturated heterocycles. The third-order valence-corrected chi connectivity index (χ3v) is 2.37. The van der Waals surface area contributed by atoms with Gasteiger partial charge in [-0.25, -0.2) is 4.98 Å². The molecule has 0 bridgehead atoms. The SMILES string of the molecule is CC1(C)Cc2cccnc2NC1=O. The predicted molar refractivity (Wildman–Crippen MR) is 50.4 cm³/mol. The van der Waals surface area contributed by atoms with E-state index in [4.69, 9.17) is 0 Å². The number of amides is 1. The van der Waals surface area contributed by atoms with Crippen molar-refractivity contribution in [3.63, 3.8) is 0 Å². The molecule has 1 amide bonds. The number of fused-ring (bicyclic) bond motifs is 1. The lowest BCUT2D eigenvalue weighted by Crippen LogP contribution is -2.37. The minimum absolute atomic E-state index is 0.0544. The molecule has 0 aromatic carbocycles. The quantitative estimate of drug-likeness (QED) is 0.652. The van der Waals surface area contributed by atoms with Crippen LogP contribution in [0.1, 0.15) is 19.4 Å². The summed E-state index contributed by atoms with van der Waals surface area (Å²) in [4.78, 5) is 15.6. The standard InChI is InChI=1S/C10H12N2O/c1-10(2)6-7-4-3-5-11-8(7)12-9(10)13/h3-5H,6H2,1-2H3,(H,11,12,13). The van der Waals surface area contributed by atoms with Gasteiger partial charge in [0.25, 0.3) is 0 Å². The summed E-state index contributed by atoms with van der Waals surface area (Å²) in [6.45, 7) is 3.89. The first-order valence-corrected chi connectivity index (χ1v) is 4.35. The van der Waals surface area contributed by atoms with Gasteiger partial charge in [0.05, 0.1) is 0 Å². The Kier molecular flexibility index (Phi) is 1.62. The van der Waals surface area contributed by atoms with Crippen molar-refractivity contribution in [3.8, 4) is 0 Å². The molecule has 0 saturated carbocycles. The lowest BCUT2D eigenvalue weighted by atomic mass is 9.82. The first-order valence-electron chi connectivity index (χ1n) is 4.35. The highest BCUT2D eigenvalue weighted by Gasteiger charge is 2.33. The number of anilines is 1. The van der Waals surface area contributed by atoms with E-state index in [2.05, 4.69) is 10.3 Å². The fourth-order valence-corrected chi connectivity index (χ4v) is 1.53. The van der Waals surface area contributed by atoms with Gasteiger partial charge in [-0.2, -0.15) is 0 Å². The molecule has 0 atom stereocenters. The molecule has 68 valence electrons. The summed E-state index contributed by atoms with van der Waals surface area (Å²) in [5.41, 5.74) is 0.808. The molecule has 1 aliphatic heterocycles. The van der Waals surface area contributed by atoms with Crippen LogP contribution in [0.4, 0.5) is 5.82 Å². The second kappa shape index (κ2) is 2.55. The van der Waals surface area contributed by atoms with Crippen molar-refractivity contribution in [1.82, 2.24) is 4.98 Å². The first kappa shape index (κ1) is 8.23. The summed E-state index contributed by atoms with van der Waals surface area (Å²) in [6.07, 6.45) is 2.46. The van der Waals surface area contributed by atoms with Crippen LogP contribution in [0.3, 0.4) is 0 Å². The fourth-order valence-electron chi connectivity index (χ4n) is 1.53. The third-order valence-electron chi connectivity index (χ3n) is 2.37. The molecule has 0 unspecified atom stereocenters.